The summed E-state index contributed by atoms with van der Waals surface area (Å²) < 4.78 is 5.90. The maximum absolute atomic E-state index is 11.9. The van der Waals surface area contributed by atoms with E-state index in [1.807, 2.05) is 35.2 Å². The molecule has 0 aliphatic carbocycles. The molecule has 0 radical (unpaired) electrons. The van der Waals surface area contributed by atoms with Gasteiger partial charge in [0.15, 0.2) is 0 Å². The van der Waals surface area contributed by atoms with Gasteiger partial charge in [-0.1, -0.05) is 18.2 Å². The average molecular weight is 248 g/mol. The normalized spacial score (nSPS) is 19.4. The number of urea groups is 1. The van der Waals surface area contributed by atoms with Crippen molar-refractivity contribution in [3.63, 3.8) is 0 Å². The van der Waals surface area contributed by atoms with Gasteiger partial charge in [0.05, 0.1) is 6.54 Å². The molecule has 98 valence electrons. The van der Waals surface area contributed by atoms with Crippen LogP contribution in [0, 0.1) is 0 Å². The number of likely N-dealkylation sites (tertiary alicyclic amines) is 1. The molecule has 0 bridgehead atoms. The number of benzene rings is 1. The number of carbonyl (C=O) groups excluding carboxylic acids is 1. The zero-order valence-corrected chi connectivity index (χ0v) is 11.0. The molecule has 1 aromatic rings. The second-order valence-electron chi connectivity index (χ2n) is 4.82. The largest absolute Gasteiger partial charge is 0.489 e. The topological polar surface area (TPSA) is 32.8 Å². The van der Waals surface area contributed by atoms with Gasteiger partial charge >= 0.3 is 6.03 Å². The molecule has 1 saturated heterocycles. The van der Waals surface area contributed by atoms with Gasteiger partial charge in [-0.25, -0.2) is 4.79 Å². The highest BCUT2D eigenvalue weighted by Crippen LogP contribution is 2.18. The van der Waals surface area contributed by atoms with Crippen molar-refractivity contribution in [2.24, 2.45) is 0 Å². The summed E-state index contributed by atoms with van der Waals surface area (Å²) in [5.41, 5.74) is 0. The van der Waals surface area contributed by atoms with Gasteiger partial charge in [0.25, 0.3) is 0 Å². The summed E-state index contributed by atoms with van der Waals surface area (Å²) in [6.45, 7) is 1.50. The summed E-state index contributed by atoms with van der Waals surface area (Å²) >= 11 is 0. The lowest BCUT2D eigenvalue weighted by Gasteiger charge is -2.34. The number of hydrogen-bond donors (Lipinski definition) is 0. The molecule has 4 nitrogen and oxygen atoms in total. The Morgan fingerprint density at radius 1 is 1.33 bits per heavy atom. The summed E-state index contributed by atoms with van der Waals surface area (Å²) in [6.07, 6.45) is 2.11. The van der Waals surface area contributed by atoms with Gasteiger partial charge in [0.1, 0.15) is 11.9 Å². The van der Waals surface area contributed by atoms with Crippen molar-refractivity contribution in [2.75, 3.05) is 27.2 Å². The summed E-state index contributed by atoms with van der Waals surface area (Å²) in [7, 11) is 3.56. The fourth-order valence-electron chi connectivity index (χ4n) is 2.18. The molecule has 0 N–H and O–H groups in total. The Morgan fingerprint density at radius 3 is 2.72 bits per heavy atom. The SMILES string of the molecule is CN(C)C(=O)N1CCCC(Oc2ccccc2)C1. The third-order valence-electron chi connectivity index (χ3n) is 3.08. The summed E-state index contributed by atoms with van der Waals surface area (Å²) in [5, 5.41) is 0. The van der Waals surface area contributed by atoms with Gasteiger partial charge in [-0.3, -0.25) is 0 Å². The Hall–Kier alpha value is -1.71. The highest BCUT2D eigenvalue weighted by molar-refractivity contribution is 5.73. The fourth-order valence-corrected chi connectivity index (χ4v) is 2.18. The maximum Gasteiger partial charge on any atom is 0.319 e. The highest BCUT2D eigenvalue weighted by atomic mass is 16.5. The van der Waals surface area contributed by atoms with Crippen LogP contribution in [0.4, 0.5) is 4.79 Å². The van der Waals surface area contributed by atoms with E-state index in [-0.39, 0.29) is 12.1 Å². The van der Waals surface area contributed by atoms with E-state index in [0.717, 1.165) is 25.1 Å². The molecular formula is C14H20N2O2. The Labute approximate surface area is 108 Å². The van der Waals surface area contributed by atoms with E-state index >= 15 is 0 Å². The van der Waals surface area contributed by atoms with E-state index in [9.17, 15) is 4.79 Å². The zero-order chi connectivity index (χ0) is 13.0. The molecule has 18 heavy (non-hydrogen) atoms. The van der Waals surface area contributed by atoms with Crippen molar-refractivity contribution >= 4 is 6.03 Å². The van der Waals surface area contributed by atoms with Crippen LogP contribution >= 0.6 is 0 Å². The molecule has 0 saturated carbocycles. The summed E-state index contributed by atoms with van der Waals surface area (Å²) in [5.74, 6) is 0.877. The molecular weight excluding hydrogens is 228 g/mol. The maximum atomic E-state index is 11.9. The number of para-hydroxylation sites is 1. The van der Waals surface area contributed by atoms with Crippen LogP contribution in [0.1, 0.15) is 12.8 Å². The van der Waals surface area contributed by atoms with Crippen LogP contribution in [-0.4, -0.2) is 49.1 Å². The number of ether oxygens (including phenoxy) is 1. The third-order valence-corrected chi connectivity index (χ3v) is 3.08. The zero-order valence-electron chi connectivity index (χ0n) is 11.0. The Kier molecular flexibility index (Phi) is 4.07. The molecule has 2 amide bonds. The van der Waals surface area contributed by atoms with E-state index in [1.165, 1.54) is 0 Å². The van der Waals surface area contributed by atoms with Crippen molar-refractivity contribution < 1.29 is 9.53 Å². The number of rotatable bonds is 2. The second-order valence-corrected chi connectivity index (χ2v) is 4.82. The van der Waals surface area contributed by atoms with E-state index in [1.54, 1.807) is 19.0 Å². The molecule has 0 spiro atoms. The van der Waals surface area contributed by atoms with Crippen LogP contribution in [0.15, 0.2) is 30.3 Å². The molecule has 2 rings (SSSR count). The lowest BCUT2D eigenvalue weighted by atomic mass is 10.1. The van der Waals surface area contributed by atoms with Crippen LogP contribution in [0.2, 0.25) is 0 Å². The third kappa shape index (κ3) is 3.15. The molecule has 1 aliphatic heterocycles. The summed E-state index contributed by atoms with van der Waals surface area (Å²) in [4.78, 5) is 15.4. The Balaban J connectivity index is 1.93. The number of hydrogen-bond acceptors (Lipinski definition) is 2. The van der Waals surface area contributed by atoms with Crippen LogP contribution in [0.25, 0.3) is 0 Å². The smallest absolute Gasteiger partial charge is 0.319 e. The van der Waals surface area contributed by atoms with Crippen LogP contribution in [-0.2, 0) is 0 Å². The molecule has 0 aromatic heterocycles. The average Bonchev–Trinajstić information content (AvgIpc) is 2.39. The van der Waals surface area contributed by atoms with Gasteiger partial charge in [0.2, 0.25) is 0 Å². The van der Waals surface area contributed by atoms with E-state index in [2.05, 4.69) is 0 Å². The molecule has 1 aromatic carbocycles. The predicted molar refractivity (Wildman–Crippen MR) is 70.7 cm³/mol. The Bertz CT molecular complexity index is 392. The first kappa shape index (κ1) is 12.7. The number of nitrogens with zero attached hydrogens (tertiary/aromatic N) is 2. The van der Waals surface area contributed by atoms with Crippen LogP contribution in [0.5, 0.6) is 5.75 Å². The highest BCUT2D eigenvalue weighted by Gasteiger charge is 2.25. The van der Waals surface area contributed by atoms with Crippen molar-refractivity contribution in [3.05, 3.63) is 30.3 Å². The first-order valence-electron chi connectivity index (χ1n) is 6.35. The number of amides is 2. The Morgan fingerprint density at radius 2 is 2.06 bits per heavy atom. The van der Waals surface area contributed by atoms with Crippen molar-refractivity contribution in [1.82, 2.24) is 9.80 Å². The molecule has 1 heterocycles. The van der Waals surface area contributed by atoms with Gasteiger partial charge in [-0.15, -0.1) is 0 Å². The van der Waals surface area contributed by atoms with E-state index in [0.29, 0.717) is 6.54 Å². The van der Waals surface area contributed by atoms with Crippen molar-refractivity contribution in [2.45, 2.75) is 18.9 Å². The second kappa shape index (κ2) is 5.76. The fraction of sp³-hybridized carbons (Fsp3) is 0.500. The minimum atomic E-state index is 0.0661. The van der Waals surface area contributed by atoms with E-state index < -0.39 is 0 Å². The molecule has 1 unspecified atom stereocenters. The first-order valence-corrected chi connectivity index (χ1v) is 6.35. The molecule has 1 aliphatic rings. The number of carbonyl (C=O) groups is 1. The van der Waals surface area contributed by atoms with E-state index in [4.69, 9.17) is 4.74 Å². The van der Waals surface area contributed by atoms with Gasteiger partial charge in [-0.05, 0) is 25.0 Å². The predicted octanol–water partition coefficient (Wildman–Crippen LogP) is 2.21. The van der Waals surface area contributed by atoms with Crippen molar-refractivity contribution in [3.8, 4) is 5.75 Å². The van der Waals surface area contributed by atoms with Gasteiger partial charge in [0, 0.05) is 20.6 Å². The number of piperidine rings is 1. The summed E-state index contributed by atoms with van der Waals surface area (Å²) in [6, 6.07) is 9.85. The monoisotopic (exact) mass is 248 g/mol. The standard InChI is InChI=1S/C14H20N2O2/c1-15(2)14(17)16-10-6-9-13(11-16)18-12-7-4-3-5-8-12/h3-5,7-8,13H,6,9-11H2,1-2H3. The molecule has 1 atom stereocenters. The quantitative estimate of drug-likeness (QED) is 0.804. The minimum absolute atomic E-state index is 0.0661. The molecule has 1 fully saturated rings. The first-order chi connectivity index (χ1) is 8.66. The minimum Gasteiger partial charge on any atom is -0.489 e. The van der Waals surface area contributed by atoms with Crippen LogP contribution in [0.3, 0.4) is 0 Å². The lowest BCUT2D eigenvalue weighted by Crippen LogP contribution is -2.48. The van der Waals surface area contributed by atoms with Crippen molar-refractivity contribution in [1.29, 1.82) is 0 Å². The lowest BCUT2D eigenvalue weighted by molar-refractivity contribution is 0.0913. The molecule has 4 heteroatoms. The van der Waals surface area contributed by atoms with Gasteiger partial charge in [-0.2, -0.15) is 0 Å². The van der Waals surface area contributed by atoms with Crippen LogP contribution < -0.4 is 4.74 Å². The van der Waals surface area contributed by atoms with Gasteiger partial charge < -0.3 is 14.5 Å².